The van der Waals surface area contributed by atoms with Gasteiger partial charge in [-0.25, -0.2) is 4.39 Å². The number of fused-ring (bicyclic) bond motifs is 1. The monoisotopic (exact) mass is 333 g/mol. The molecule has 1 aromatic heterocycles. The maximum absolute atomic E-state index is 13.1. The van der Waals surface area contributed by atoms with Gasteiger partial charge >= 0.3 is 0 Å². The average molecular weight is 334 g/mol. The fourth-order valence-electron chi connectivity index (χ4n) is 2.21. The van der Waals surface area contributed by atoms with Crippen molar-refractivity contribution in [2.45, 2.75) is 6.10 Å². The van der Waals surface area contributed by atoms with E-state index < -0.39 is 17.8 Å². The van der Waals surface area contributed by atoms with Crippen molar-refractivity contribution in [2.24, 2.45) is 0 Å². The van der Waals surface area contributed by atoms with E-state index in [1.165, 1.54) is 24.3 Å². The SMILES string of the molecule is O=C(NCC(O)c1ccc(Cl)cc1)c1cc2cc(F)ccc2o1. The summed E-state index contributed by atoms with van der Waals surface area (Å²) < 4.78 is 18.5. The van der Waals surface area contributed by atoms with Gasteiger partial charge in [0.2, 0.25) is 0 Å². The van der Waals surface area contributed by atoms with Crippen LogP contribution in [0.4, 0.5) is 4.39 Å². The Balaban J connectivity index is 1.67. The molecule has 2 aromatic carbocycles. The molecule has 1 heterocycles. The summed E-state index contributed by atoms with van der Waals surface area (Å²) in [6, 6.07) is 12.2. The van der Waals surface area contributed by atoms with Gasteiger partial charge in [-0.1, -0.05) is 23.7 Å². The van der Waals surface area contributed by atoms with Gasteiger partial charge in [-0.3, -0.25) is 4.79 Å². The van der Waals surface area contributed by atoms with Crippen LogP contribution in [0.25, 0.3) is 11.0 Å². The quantitative estimate of drug-likeness (QED) is 0.765. The van der Waals surface area contributed by atoms with Crippen LogP contribution in [0, 0.1) is 5.82 Å². The van der Waals surface area contributed by atoms with E-state index in [0.717, 1.165) is 0 Å². The number of hydrogen-bond acceptors (Lipinski definition) is 3. The first-order valence-corrected chi connectivity index (χ1v) is 7.31. The lowest BCUT2D eigenvalue weighted by Gasteiger charge is -2.11. The van der Waals surface area contributed by atoms with E-state index >= 15 is 0 Å². The van der Waals surface area contributed by atoms with E-state index in [2.05, 4.69) is 5.32 Å². The summed E-state index contributed by atoms with van der Waals surface area (Å²) in [5, 5.41) is 13.7. The summed E-state index contributed by atoms with van der Waals surface area (Å²) >= 11 is 5.78. The number of carbonyl (C=O) groups is 1. The summed E-state index contributed by atoms with van der Waals surface area (Å²) in [6.45, 7) is 0.0197. The standard InChI is InChI=1S/C17H13ClFNO3/c18-12-3-1-10(2-4-12)14(21)9-20-17(22)16-8-11-7-13(19)5-6-15(11)23-16/h1-8,14,21H,9H2,(H,20,22). The Morgan fingerprint density at radius 3 is 2.70 bits per heavy atom. The molecule has 118 valence electrons. The van der Waals surface area contributed by atoms with Crippen molar-refractivity contribution in [2.75, 3.05) is 6.54 Å². The third kappa shape index (κ3) is 3.52. The molecule has 1 atom stereocenters. The first kappa shape index (κ1) is 15.5. The summed E-state index contributed by atoms with van der Waals surface area (Å²) in [5.74, 6) is -0.813. The number of furan rings is 1. The molecular weight excluding hydrogens is 321 g/mol. The Kier molecular flexibility index (Phi) is 4.32. The Hall–Kier alpha value is -2.37. The maximum atomic E-state index is 13.1. The van der Waals surface area contributed by atoms with Crippen molar-refractivity contribution in [3.63, 3.8) is 0 Å². The molecule has 3 rings (SSSR count). The first-order valence-electron chi connectivity index (χ1n) is 6.94. The van der Waals surface area contributed by atoms with Gasteiger partial charge in [-0.15, -0.1) is 0 Å². The molecule has 0 aliphatic heterocycles. The Bertz CT molecular complexity index is 845. The third-order valence-corrected chi connectivity index (χ3v) is 3.66. The second-order valence-corrected chi connectivity index (χ2v) is 5.51. The molecule has 1 unspecified atom stereocenters. The molecule has 0 fully saturated rings. The highest BCUT2D eigenvalue weighted by molar-refractivity contribution is 6.30. The number of benzene rings is 2. The van der Waals surface area contributed by atoms with Crippen LogP contribution < -0.4 is 5.32 Å². The molecule has 0 saturated heterocycles. The first-order chi connectivity index (χ1) is 11.0. The molecule has 1 amide bonds. The lowest BCUT2D eigenvalue weighted by Crippen LogP contribution is -2.28. The fourth-order valence-corrected chi connectivity index (χ4v) is 2.33. The van der Waals surface area contributed by atoms with E-state index in [4.69, 9.17) is 16.0 Å². The number of nitrogens with one attached hydrogen (secondary N) is 1. The van der Waals surface area contributed by atoms with Crippen LogP contribution in [0.15, 0.2) is 52.9 Å². The Labute approximate surface area is 136 Å². The smallest absolute Gasteiger partial charge is 0.287 e. The molecule has 3 aromatic rings. The van der Waals surface area contributed by atoms with Crippen molar-refractivity contribution in [3.05, 3.63) is 70.7 Å². The highest BCUT2D eigenvalue weighted by Crippen LogP contribution is 2.21. The van der Waals surface area contributed by atoms with Gasteiger partial charge < -0.3 is 14.8 Å². The summed E-state index contributed by atoms with van der Waals surface area (Å²) in [4.78, 5) is 12.1. The lowest BCUT2D eigenvalue weighted by molar-refractivity contribution is 0.0891. The maximum Gasteiger partial charge on any atom is 0.287 e. The lowest BCUT2D eigenvalue weighted by atomic mass is 10.1. The number of aliphatic hydroxyl groups excluding tert-OH is 1. The minimum absolute atomic E-state index is 0.0197. The molecule has 0 radical (unpaired) electrons. The molecule has 23 heavy (non-hydrogen) atoms. The van der Waals surface area contributed by atoms with Crippen molar-refractivity contribution >= 4 is 28.5 Å². The zero-order chi connectivity index (χ0) is 16.4. The van der Waals surface area contributed by atoms with Gasteiger partial charge in [0.15, 0.2) is 5.76 Å². The molecule has 0 aliphatic carbocycles. The minimum atomic E-state index is -0.863. The van der Waals surface area contributed by atoms with E-state index in [1.54, 1.807) is 24.3 Å². The summed E-state index contributed by atoms with van der Waals surface area (Å²) in [5.41, 5.74) is 1.07. The Morgan fingerprint density at radius 2 is 1.96 bits per heavy atom. The molecule has 4 nitrogen and oxygen atoms in total. The van der Waals surface area contributed by atoms with Crippen molar-refractivity contribution in [1.29, 1.82) is 0 Å². The van der Waals surface area contributed by atoms with Crippen LogP contribution in [0.1, 0.15) is 22.2 Å². The van der Waals surface area contributed by atoms with Gasteiger partial charge in [0.05, 0.1) is 6.10 Å². The molecule has 0 spiro atoms. The number of halogens is 2. The van der Waals surface area contributed by atoms with Crippen LogP contribution in [0.2, 0.25) is 5.02 Å². The van der Waals surface area contributed by atoms with Gasteiger partial charge in [-0.2, -0.15) is 0 Å². The predicted octanol–water partition coefficient (Wildman–Crippen LogP) is 3.69. The average Bonchev–Trinajstić information content (AvgIpc) is 2.96. The predicted molar refractivity (Wildman–Crippen MR) is 84.9 cm³/mol. The molecule has 0 aliphatic rings. The van der Waals surface area contributed by atoms with Gasteiger partial charge in [0.1, 0.15) is 11.4 Å². The molecular formula is C17H13ClFNO3. The van der Waals surface area contributed by atoms with Crippen LogP contribution in [-0.4, -0.2) is 17.6 Å². The largest absolute Gasteiger partial charge is 0.451 e. The third-order valence-electron chi connectivity index (χ3n) is 3.41. The van der Waals surface area contributed by atoms with Crippen molar-refractivity contribution in [1.82, 2.24) is 5.32 Å². The second-order valence-electron chi connectivity index (χ2n) is 5.07. The van der Waals surface area contributed by atoms with E-state index in [9.17, 15) is 14.3 Å². The number of rotatable bonds is 4. The van der Waals surface area contributed by atoms with Crippen molar-refractivity contribution < 1.29 is 18.7 Å². The molecule has 0 saturated carbocycles. The van der Waals surface area contributed by atoms with E-state index in [0.29, 0.717) is 21.6 Å². The van der Waals surface area contributed by atoms with E-state index in [1.807, 2.05) is 0 Å². The molecule has 6 heteroatoms. The molecule has 0 bridgehead atoms. The number of carbonyl (C=O) groups excluding carboxylic acids is 1. The zero-order valence-corrected chi connectivity index (χ0v) is 12.7. The summed E-state index contributed by atoms with van der Waals surface area (Å²) in [7, 11) is 0. The van der Waals surface area contributed by atoms with E-state index in [-0.39, 0.29) is 12.3 Å². The Morgan fingerprint density at radius 1 is 1.22 bits per heavy atom. The van der Waals surface area contributed by atoms with Gasteiger partial charge in [0.25, 0.3) is 5.91 Å². The minimum Gasteiger partial charge on any atom is -0.451 e. The van der Waals surface area contributed by atoms with Crippen LogP contribution in [-0.2, 0) is 0 Å². The number of amides is 1. The fraction of sp³-hybridized carbons (Fsp3) is 0.118. The van der Waals surface area contributed by atoms with Crippen LogP contribution >= 0.6 is 11.6 Å². The van der Waals surface area contributed by atoms with Crippen LogP contribution in [0.3, 0.4) is 0 Å². The normalized spacial score (nSPS) is 12.3. The van der Waals surface area contributed by atoms with Gasteiger partial charge in [-0.05, 0) is 42.0 Å². The molecule has 2 N–H and O–H groups in total. The van der Waals surface area contributed by atoms with Crippen LogP contribution in [0.5, 0.6) is 0 Å². The highest BCUT2D eigenvalue weighted by atomic mass is 35.5. The highest BCUT2D eigenvalue weighted by Gasteiger charge is 2.15. The number of hydrogen-bond donors (Lipinski definition) is 2. The van der Waals surface area contributed by atoms with Gasteiger partial charge in [0, 0.05) is 17.0 Å². The zero-order valence-electron chi connectivity index (χ0n) is 11.9. The second kappa shape index (κ2) is 6.40. The topological polar surface area (TPSA) is 62.5 Å². The number of aliphatic hydroxyl groups is 1. The van der Waals surface area contributed by atoms with Crippen molar-refractivity contribution in [3.8, 4) is 0 Å². The summed E-state index contributed by atoms with van der Waals surface area (Å²) in [6.07, 6.45) is -0.863.